The van der Waals surface area contributed by atoms with Crippen LogP contribution in [0.4, 0.5) is 4.39 Å². The molecule has 0 unspecified atom stereocenters. The summed E-state index contributed by atoms with van der Waals surface area (Å²) in [5.41, 5.74) is 2.75. The lowest BCUT2D eigenvalue weighted by atomic mass is 9.93. The van der Waals surface area contributed by atoms with Crippen molar-refractivity contribution in [3.8, 4) is 11.5 Å². The van der Waals surface area contributed by atoms with Crippen LogP contribution in [0, 0.1) is 12.7 Å². The summed E-state index contributed by atoms with van der Waals surface area (Å²) in [6.45, 7) is 3.28. The van der Waals surface area contributed by atoms with Crippen LogP contribution < -0.4 is 9.47 Å². The van der Waals surface area contributed by atoms with Crippen LogP contribution in [0.15, 0.2) is 36.1 Å². The first-order valence-corrected chi connectivity index (χ1v) is 10.3. The van der Waals surface area contributed by atoms with Crippen LogP contribution >= 0.6 is 0 Å². The summed E-state index contributed by atoms with van der Waals surface area (Å²) in [6.07, 6.45) is 7.75. The Morgan fingerprint density at radius 3 is 2.72 bits per heavy atom. The van der Waals surface area contributed by atoms with Crippen molar-refractivity contribution < 1.29 is 18.7 Å². The van der Waals surface area contributed by atoms with Gasteiger partial charge in [0.25, 0.3) is 0 Å². The average molecular weight is 393 g/mol. The molecular formula is C24H24FNO3. The molecule has 4 nitrogen and oxygen atoms in total. The maximum Gasteiger partial charge on any atom is 0.231 e. The molecule has 0 atom stereocenters. The third-order valence-electron chi connectivity index (χ3n) is 6.25. The molecule has 0 N–H and O–H groups in total. The molecule has 0 saturated heterocycles. The van der Waals surface area contributed by atoms with E-state index in [4.69, 9.17) is 9.47 Å². The van der Waals surface area contributed by atoms with E-state index < -0.39 is 0 Å². The third-order valence-corrected chi connectivity index (χ3v) is 6.25. The number of ketones is 1. The molecule has 2 heterocycles. The normalized spacial score (nSPS) is 20.9. The molecule has 2 aliphatic heterocycles. The van der Waals surface area contributed by atoms with Gasteiger partial charge in [0.2, 0.25) is 5.78 Å². The van der Waals surface area contributed by atoms with Crippen LogP contribution in [0.25, 0.3) is 6.08 Å². The highest BCUT2D eigenvalue weighted by molar-refractivity contribution is 6.15. The molecule has 1 saturated carbocycles. The molecule has 0 amide bonds. The fourth-order valence-corrected chi connectivity index (χ4v) is 4.68. The van der Waals surface area contributed by atoms with E-state index in [0.29, 0.717) is 29.6 Å². The Hall–Kier alpha value is -2.66. The number of carbonyl (C=O) groups is 1. The number of halogens is 1. The van der Waals surface area contributed by atoms with Crippen LogP contribution in [-0.4, -0.2) is 23.5 Å². The minimum absolute atomic E-state index is 0.152. The summed E-state index contributed by atoms with van der Waals surface area (Å²) >= 11 is 0. The van der Waals surface area contributed by atoms with Crippen molar-refractivity contribution in [2.24, 2.45) is 0 Å². The van der Waals surface area contributed by atoms with Gasteiger partial charge in [-0.05, 0) is 38.0 Å². The zero-order chi connectivity index (χ0) is 20.0. The van der Waals surface area contributed by atoms with Gasteiger partial charge in [0.1, 0.15) is 24.0 Å². The topological polar surface area (TPSA) is 38.8 Å². The molecular weight excluding hydrogens is 369 g/mol. The molecule has 5 heteroatoms. The SMILES string of the molecule is Cc1c2c(cc3c1O/C(=C\c1ccccc1F)C3=O)CN(C1CCCCC1)CO2. The van der Waals surface area contributed by atoms with Crippen LogP contribution in [-0.2, 0) is 6.54 Å². The lowest BCUT2D eigenvalue weighted by Crippen LogP contribution is -2.41. The number of fused-ring (bicyclic) bond motifs is 2. The predicted octanol–water partition coefficient (Wildman–Crippen LogP) is 5.23. The number of rotatable bonds is 2. The molecule has 0 radical (unpaired) electrons. The van der Waals surface area contributed by atoms with Gasteiger partial charge in [0.05, 0.1) is 5.56 Å². The Morgan fingerprint density at radius 1 is 1.14 bits per heavy atom. The van der Waals surface area contributed by atoms with Gasteiger partial charge in [-0.25, -0.2) is 4.39 Å². The summed E-state index contributed by atoms with van der Waals surface area (Å²) in [6, 6.07) is 8.81. The molecule has 2 aromatic rings. The van der Waals surface area contributed by atoms with Gasteiger partial charge in [-0.1, -0.05) is 37.5 Å². The van der Waals surface area contributed by atoms with Crippen molar-refractivity contribution in [2.45, 2.75) is 51.6 Å². The summed E-state index contributed by atoms with van der Waals surface area (Å²) in [5.74, 6) is 0.914. The summed E-state index contributed by atoms with van der Waals surface area (Å²) < 4.78 is 26.0. The van der Waals surface area contributed by atoms with E-state index in [-0.39, 0.29) is 17.4 Å². The molecule has 2 aromatic carbocycles. The van der Waals surface area contributed by atoms with Gasteiger partial charge >= 0.3 is 0 Å². The van der Waals surface area contributed by atoms with Gasteiger partial charge in [-0.2, -0.15) is 0 Å². The van der Waals surface area contributed by atoms with Crippen LogP contribution in [0.1, 0.15) is 59.2 Å². The minimum atomic E-state index is -0.380. The Balaban J connectivity index is 1.46. The van der Waals surface area contributed by atoms with Crippen molar-refractivity contribution in [3.63, 3.8) is 0 Å². The van der Waals surface area contributed by atoms with Gasteiger partial charge < -0.3 is 9.47 Å². The number of carbonyl (C=O) groups excluding carboxylic acids is 1. The van der Waals surface area contributed by atoms with E-state index in [2.05, 4.69) is 4.90 Å². The Bertz CT molecular complexity index is 1010. The molecule has 3 aliphatic rings. The van der Waals surface area contributed by atoms with Gasteiger partial charge in [-0.3, -0.25) is 9.69 Å². The second kappa shape index (κ2) is 7.30. The number of ether oxygens (including phenoxy) is 2. The largest absolute Gasteiger partial charge is 0.477 e. The second-order valence-electron chi connectivity index (χ2n) is 8.14. The highest BCUT2D eigenvalue weighted by Gasteiger charge is 2.35. The molecule has 29 heavy (non-hydrogen) atoms. The smallest absolute Gasteiger partial charge is 0.231 e. The molecule has 0 bridgehead atoms. The average Bonchev–Trinajstić information content (AvgIpc) is 3.06. The molecule has 5 rings (SSSR count). The van der Waals surface area contributed by atoms with Crippen LogP contribution in [0.2, 0.25) is 0 Å². The lowest BCUT2D eigenvalue weighted by Gasteiger charge is -2.37. The van der Waals surface area contributed by atoms with Crippen LogP contribution in [0.3, 0.4) is 0 Å². The van der Waals surface area contributed by atoms with Crippen molar-refractivity contribution in [3.05, 3.63) is 64.2 Å². The van der Waals surface area contributed by atoms with E-state index in [1.165, 1.54) is 44.2 Å². The van der Waals surface area contributed by atoms with E-state index in [1.54, 1.807) is 18.2 Å². The molecule has 1 aliphatic carbocycles. The van der Waals surface area contributed by atoms with Crippen molar-refractivity contribution in [1.82, 2.24) is 4.90 Å². The number of Topliss-reactive ketones (excluding diaryl/α,β-unsaturated/α-hetero) is 1. The minimum Gasteiger partial charge on any atom is -0.477 e. The Labute approximate surface area is 169 Å². The highest BCUT2D eigenvalue weighted by Crippen LogP contribution is 2.43. The second-order valence-corrected chi connectivity index (χ2v) is 8.14. The summed E-state index contributed by atoms with van der Waals surface area (Å²) in [5, 5.41) is 0. The fourth-order valence-electron chi connectivity index (χ4n) is 4.68. The first-order valence-electron chi connectivity index (χ1n) is 10.3. The first-order chi connectivity index (χ1) is 14.1. The Morgan fingerprint density at radius 2 is 1.93 bits per heavy atom. The maximum absolute atomic E-state index is 14.0. The van der Waals surface area contributed by atoms with Crippen molar-refractivity contribution >= 4 is 11.9 Å². The lowest BCUT2D eigenvalue weighted by molar-refractivity contribution is 0.0397. The summed E-state index contributed by atoms with van der Waals surface area (Å²) in [7, 11) is 0. The van der Waals surface area contributed by atoms with E-state index >= 15 is 0 Å². The monoisotopic (exact) mass is 393 g/mol. The molecule has 1 fully saturated rings. The zero-order valence-corrected chi connectivity index (χ0v) is 16.5. The number of benzene rings is 2. The van der Waals surface area contributed by atoms with Crippen LogP contribution in [0.5, 0.6) is 11.5 Å². The molecule has 0 aromatic heterocycles. The van der Waals surface area contributed by atoms with Gasteiger partial charge in [-0.15, -0.1) is 0 Å². The van der Waals surface area contributed by atoms with E-state index in [9.17, 15) is 9.18 Å². The third kappa shape index (κ3) is 3.23. The van der Waals surface area contributed by atoms with Crippen molar-refractivity contribution in [1.29, 1.82) is 0 Å². The quantitative estimate of drug-likeness (QED) is 0.655. The number of hydrogen-bond acceptors (Lipinski definition) is 4. The van der Waals surface area contributed by atoms with Gasteiger partial charge in [0, 0.05) is 29.3 Å². The van der Waals surface area contributed by atoms with E-state index in [1.807, 2.05) is 13.0 Å². The molecule has 150 valence electrons. The van der Waals surface area contributed by atoms with Crippen molar-refractivity contribution in [2.75, 3.05) is 6.73 Å². The number of nitrogens with zero attached hydrogens (tertiary/aromatic N) is 1. The Kier molecular flexibility index (Phi) is 4.63. The predicted molar refractivity (Wildman–Crippen MR) is 108 cm³/mol. The number of hydrogen-bond donors (Lipinski definition) is 0. The highest BCUT2D eigenvalue weighted by atomic mass is 19.1. The first kappa shape index (κ1) is 18.4. The summed E-state index contributed by atoms with van der Waals surface area (Å²) in [4.78, 5) is 15.3. The fraction of sp³-hybridized carbons (Fsp3) is 0.375. The molecule has 0 spiro atoms. The maximum atomic E-state index is 14.0. The standard InChI is InChI=1S/C24H24FNO3/c1-15-23-17(13-26(14-28-23)18-8-3-2-4-9-18)11-19-22(27)21(29-24(15)19)12-16-7-5-6-10-20(16)25/h5-7,10-12,18H,2-4,8-9,13-14H2,1H3/b21-12-. The zero-order valence-electron chi connectivity index (χ0n) is 16.5. The van der Waals surface area contributed by atoms with Gasteiger partial charge in [0.15, 0.2) is 5.76 Å². The number of allylic oxidation sites excluding steroid dienone is 1. The van der Waals surface area contributed by atoms with E-state index in [0.717, 1.165) is 23.4 Å².